The number of amides is 1. The minimum atomic E-state index is -0.455. The van der Waals surface area contributed by atoms with Gasteiger partial charge in [0.05, 0.1) is 23.7 Å². The molecule has 3 heterocycles. The van der Waals surface area contributed by atoms with Crippen LogP contribution < -0.4 is 10.5 Å². The number of primary amides is 1. The zero-order valence-corrected chi connectivity index (χ0v) is 15.6. The molecule has 0 spiro atoms. The molecule has 2 aromatic heterocycles. The van der Waals surface area contributed by atoms with Crippen LogP contribution in [0.4, 0.5) is 0 Å². The predicted molar refractivity (Wildman–Crippen MR) is 110 cm³/mol. The van der Waals surface area contributed by atoms with E-state index >= 15 is 0 Å². The number of fused-ring (bicyclic) bond motifs is 1. The van der Waals surface area contributed by atoms with Crippen LogP contribution in [-0.2, 0) is 6.42 Å². The summed E-state index contributed by atoms with van der Waals surface area (Å²) in [6.07, 6.45) is 2.69. The summed E-state index contributed by atoms with van der Waals surface area (Å²) in [5, 5.41) is 0. The lowest BCUT2D eigenvalue weighted by molar-refractivity contribution is 0.100. The summed E-state index contributed by atoms with van der Waals surface area (Å²) < 4.78 is 5.74. The number of nitrogens with zero attached hydrogens (tertiary/aromatic N) is 2. The van der Waals surface area contributed by atoms with Crippen molar-refractivity contribution in [1.29, 1.82) is 0 Å². The summed E-state index contributed by atoms with van der Waals surface area (Å²) in [4.78, 5) is 24.1. The fourth-order valence-electron chi connectivity index (χ4n) is 3.52. The van der Waals surface area contributed by atoms with Crippen LogP contribution in [0, 0.1) is 0 Å². The first-order valence-electron chi connectivity index (χ1n) is 9.37. The SMILES string of the molecule is NC(=O)c1ccc(-c2nc(-c3ccc4c(c3)OCC4)c(-c3ccccn3)[nH]2)cc1. The number of benzene rings is 2. The van der Waals surface area contributed by atoms with Gasteiger partial charge in [-0.15, -0.1) is 0 Å². The summed E-state index contributed by atoms with van der Waals surface area (Å²) in [7, 11) is 0. The second kappa shape index (κ2) is 6.91. The van der Waals surface area contributed by atoms with E-state index < -0.39 is 5.91 Å². The molecule has 1 aliphatic heterocycles. The maximum Gasteiger partial charge on any atom is 0.248 e. The number of rotatable bonds is 4. The second-order valence-corrected chi connectivity index (χ2v) is 6.89. The summed E-state index contributed by atoms with van der Waals surface area (Å²) in [6.45, 7) is 0.712. The average molecular weight is 382 g/mol. The number of carbonyl (C=O) groups is 1. The van der Waals surface area contributed by atoms with Gasteiger partial charge in [-0.2, -0.15) is 0 Å². The lowest BCUT2D eigenvalue weighted by Crippen LogP contribution is -2.10. The van der Waals surface area contributed by atoms with Crippen LogP contribution in [0.5, 0.6) is 5.75 Å². The van der Waals surface area contributed by atoms with Gasteiger partial charge < -0.3 is 15.5 Å². The molecular formula is C23H18N4O2. The van der Waals surface area contributed by atoms with Crippen molar-refractivity contribution in [2.75, 3.05) is 6.61 Å². The first kappa shape index (κ1) is 17.2. The summed E-state index contributed by atoms with van der Waals surface area (Å²) in [6, 6.07) is 19.0. The third-order valence-electron chi connectivity index (χ3n) is 5.04. The van der Waals surface area contributed by atoms with Gasteiger partial charge in [0.1, 0.15) is 11.6 Å². The summed E-state index contributed by atoms with van der Waals surface area (Å²) in [5.74, 6) is 1.15. The first-order chi connectivity index (χ1) is 14.2. The minimum absolute atomic E-state index is 0.455. The number of H-pyrrole nitrogens is 1. The molecule has 0 saturated carbocycles. The standard InChI is InChI=1S/C23H18N4O2/c24-22(28)15-5-7-16(8-6-15)23-26-20(21(27-23)18-3-1-2-11-25-18)17-9-4-14-10-12-29-19(14)13-17/h1-9,11,13H,10,12H2,(H2,24,28)(H,26,27). The zero-order chi connectivity index (χ0) is 19.8. The van der Waals surface area contributed by atoms with Crippen LogP contribution in [0.3, 0.4) is 0 Å². The highest BCUT2D eigenvalue weighted by Crippen LogP contribution is 2.36. The third kappa shape index (κ3) is 3.14. The van der Waals surface area contributed by atoms with Crippen molar-refractivity contribution >= 4 is 5.91 Å². The molecule has 0 atom stereocenters. The first-order valence-corrected chi connectivity index (χ1v) is 9.37. The van der Waals surface area contributed by atoms with Gasteiger partial charge in [-0.25, -0.2) is 4.98 Å². The Morgan fingerprint density at radius 2 is 1.86 bits per heavy atom. The molecule has 0 fully saturated rings. The largest absolute Gasteiger partial charge is 0.493 e. The van der Waals surface area contributed by atoms with Gasteiger partial charge in [-0.1, -0.05) is 30.3 Å². The van der Waals surface area contributed by atoms with Crippen molar-refractivity contribution in [1.82, 2.24) is 15.0 Å². The van der Waals surface area contributed by atoms with E-state index in [2.05, 4.69) is 22.1 Å². The highest BCUT2D eigenvalue weighted by Gasteiger charge is 2.19. The number of ether oxygens (including phenoxy) is 1. The van der Waals surface area contributed by atoms with E-state index in [9.17, 15) is 4.79 Å². The van der Waals surface area contributed by atoms with Crippen molar-refractivity contribution < 1.29 is 9.53 Å². The Labute approximate surface area is 167 Å². The van der Waals surface area contributed by atoms with Crippen LogP contribution in [0.25, 0.3) is 34.0 Å². The van der Waals surface area contributed by atoms with Crippen molar-refractivity contribution in [2.24, 2.45) is 5.73 Å². The molecule has 6 nitrogen and oxygen atoms in total. The quantitative estimate of drug-likeness (QED) is 0.561. The Morgan fingerprint density at radius 3 is 2.62 bits per heavy atom. The molecule has 6 heteroatoms. The minimum Gasteiger partial charge on any atom is -0.493 e. The van der Waals surface area contributed by atoms with E-state index in [0.29, 0.717) is 18.0 Å². The van der Waals surface area contributed by atoms with Crippen LogP contribution >= 0.6 is 0 Å². The van der Waals surface area contributed by atoms with Crippen molar-refractivity contribution in [3.63, 3.8) is 0 Å². The molecule has 0 bridgehead atoms. The van der Waals surface area contributed by atoms with E-state index in [-0.39, 0.29) is 0 Å². The molecule has 1 amide bonds. The predicted octanol–water partition coefficient (Wildman–Crippen LogP) is 3.84. The molecule has 0 radical (unpaired) electrons. The van der Waals surface area contributed by atoms with Crippen LogP contribution in [0.2, 0.25) is 0 Å². The van der Waals surface area contributed by atoms with Gasteiger partial charge in [-0.3, -0.25) is 9.78 Å². The number of aromatic amines is 1. The van der Waals surface area contributed by atoms with Crippen LogP contribution in [-0.4, -0.2) is 27.5 Å². The zero-order valence-electron chi connectivity index (χ0n) is 15.6. The van der Waals surface area contributed by atoms with E-state index in [0.717, 1.165) is 40.4 Å². The van der Waals surface area contributed by atoms with E-state index in [1.165, 1.54) is 5.56 Å². The van der Waals surface area contributed by atoms with Crippen molar-refractivity contribution in [3.05, 3.63) is 78.0 Å². The van der Waals surface area contributed by atoms with Gasteiger partial charge >= 0.3 is 0 Å². The monoisotopic (exact) mass is 382 g/mol. The Kier molecular flexibility index (Phi) is 4.09. The number of carbonyl (C=O) groups excluding carboxylic acids is 1. The van der Waals surface area contributed by atoms with Gasteiger partial charge in [0.2, 0.25) is 5.91 Å². The fourth-order valence-corrected chi connectivity index (χ4v) is 3.52. The molecule has 0 saturated heterocycles. The number of nitrogens with two attached hydrogens (primary N) is 1. The molecule has 1 aliphatic rings. The average Bonchev–Trinajstić information content (AvgIpc) is 3.41. The number of pyridine rings is 1. The molecule has 0 unspecified atom stereocenters. The third-order valence-corrected chi connectivity index (χ3v) is 5.04. The van der Waals surface area contributed by atoms with Gasteiger partial charge in [0, 0.05) is 29.3 Å². The Morgan fingerprint density at radius 1 is 1.03 bits per heavy atom. The molecule has 29 heavy (non-hydrogen) atoms. The van der Waals surface area contributed by atoms with Crippen LogP contribution in [0.15, 0.2) is 66.9 Å². The Hall–Kier alpha value is -3.93. The maximum absolute atomic E-state index is 11.3. The summed E-state index contributed by atoms with van der Waals surface area (Å²) in [5.41, 5.74) is 11.3. The summed E-state index contributed by atoms with van der Waals surface area (Å²) >= 11 is 0. The number of aromatic nitrogens is 3. The van der Waals surface area contributed by atoms with Gasteiger partial charge in [0.25, 0.3) is 0 Å². The number of hydrogen-bond donors (Lipinski definition) is 2. The highest BCUT2D eigenvalue weighted by atomic mass is 16.5. The molecule has 0 aliphatic carbocycles. The maximum atomic E-state index is 11.3. The molecular weight excluding hydrogens is 364 g/mol. The Balaban J connectivity index is 1.64. The Bertz CT molecular complexity index is 1200. The number of hydrogen-bond acceptors (Lipinski definition) is 4. The number of nitrogens with one attached hydrogen (secondary N) is 1. The highest BCUT2D eigenvalue weighted by molar-refractivity contribution is 5.93. The van der Waals surface area contributed by atoms with Crippen LogP contribution in [0.1, 0.15) is 15.9 Å². The molecule has 4 aromatic rings. The number of imidazole rings is 1. The fraction of sp³-hybridized carbons (Fsp3) is 0.0870. The van der Waals surface area contributed by atoms with Crippen molar-refractivity contribution in [2.45, 2.75) is 6.42 Å². The van der Waals surface area contributed by atoms with Gasteiger partial charge in [-0.05, 0) is 35.9 Å². The van der Waals surface area contributed by atoms with E-state index in [4.69, 9.17) is 15.5 Å². The second-order valence-electron chi connectivity index (χ2n) is 6.89. The molecule has 5 rings (SSSR count). The molecule has 142 valence electrons. The molecule has 3 N–H and O–H groups in total. The molecule has 2 aromatic carbocycles. The smallest absolute Gasteiger partial charge is 0.248 e. The lowest BCUT2D eigenvalue weighted by Gasteiger charge is -2.05. The normalized spacial score (nSPS) is 12.4. The van der Waals surface area contributed by atoms with Crippen molar-refractivity contribution in [3.8, 4) is 39.8 Å². The van der Waals surface area contributed by atoms with E-state index in [1.807, 2.05) is 36.4 Å². The lowest BCUT2D eigenvalue weighted by atomic mass is 10.0. The van der Waals surface area contributed by atoms with E-state index in [1.54, 1.807) is 18.3 Å². The topological polar surface area (TPSA) is 93.9 Å². The van der Waals surface area contributed by atoms with Gasteiger partial charge in [0.15, 0.2) is 0 Å².